The second kappa shape index (κ2) is 3.84. The van der Waals surface area contributed by atoms with Gasteiger partial charge in [-0.05, 0) is 25.3 Å². The van der Waals surface area contributed by atoms with Gasteiger partial charge in [-0.2, -0.15) is 0 Å². The van der Waals surface area contributed by atoms with E-state index in [9.17, 15) is 4.79 Å². The van der Waals surface area contributed by atoms with Gasteiger partial charge in [-0.15, -0.1) is 0 Å². The van der Waals surface area contributed by atoms with Crippen LogP contribution in [0.1, 0.15) is 35.4 Å². The van der Waals surface area contributed by atoms with E-state index in [1.54, 1.807) is 0 Å². The Bertz CT molecular complexity index is 325. The highest BCUT2D eigenvalue weighted by Gasteiger charge is 2.20. The Kier molecular flexibility index (Phi) is 2.54. The van der Waals surface area contributed by atoms with Gasteiger partial charge < -0.3 is 14.3 Å². The van der Waals surface area contributed by atoms with Crippen molar-refractivity contribution in [3.05, 3.63) is 23.7 Å². The lowest BCUT2D eigenvalue weighted by Gasteiger charge is -2.24. The normalized spacial score (nSPS) is 16.6. The molecule has 0 unspecified atom stereocenters. The summed E-state index contributed by atoms with van der Waals surface area (Å²) in [6.07, 6.45) is 5.02. The number of carboxylic acid groups (broad SMARTS) is 1. The van der Waals surface area contributed by atoms with Crippen molar-refractivity contribution in [3.63, 3.8) is 0 Å². The third-order valence-electron chi connectivity index (χ3n) is 2.48. The first-order valence-corrected chi connectivity index (χ1v) is 4.68. The van der Waals surface area contributed by atoms with E-state index < -0.39 is 5.97 Å². The third-order valence-corrected chi connectivity index (χ3v) is 2.48. The summed E-state index contributed by atoms with van der Waals surface area (Å²) >= 11 is 0. The predicted molar refractivity (Wildman–Crippen MR) is 48.1 cm³/mol. The van der Waals surface area contributed by atoms with Crippen LogP contribution in [0.15, 0.2) is 16.7 Å². The lowest BCUT2D eigenvalue weighted by atomic mass is 9.96. The molecule has 1 aromatic rings. The van der Waals surface area contributed by atoms with Crippen LogP contribution in [0.25, 0.3) is 0 Å². The van der Waals surface area contributed by atoms with Crippen LogP contribution in [0.2, 0.25) is 0 Å². The predicted octanol–water partition coefficient (Wildman–Crippen LogP) is 2.05. The standard InChI is InChI=1S/C10H12O4/c11-10(12)8-4-5-13-9(8)6-14-7-2-1-3-7/h4-5,7H,1-3,6H2,(H,11,12). The molecule has 2 rings (SSSR count). The van der Waals surface area contributed by atoms with Gasteiger partial charge in [-0.1, -0.05) is 0 Å². The quantitative estimate of drug-likeness (QED) is 0.800. The van der Waals surface area contributed by atoms with E-state index in [0.717, 1.165) is 12.8 Å². The second-order valence-corrected chi connectivity index (χ2v) is 3.43. The maximum atomic E-state index is 10.7. The summed E-state index contributed by atoms with van der Waals surface area (Å²) < 4.78 is 10.5. The number of hydrogen-bond acceptors (Lipinski definition) is 3. The molecule has 1 aliphatic rings. The molecule has 1 saturated carbocycles. The van der Waals surface area contributed by atoms with E-state index in [1.807, 2.05) is 0 Å². The minimum absolute atomic E-state index is 0.198. The largest absolute Gasteiger partial charge is 0.478 e. The fourth-order valence-corrected chi connectivity index (χ4v) is 1.37. The average molecular weight is 196 g/mol. The molecule has 1 aromatic heterocycles. The van der Waals surface area contributed by atoms with Crippen molar-refractivity contribution < 1.29 is 19.1 Å². The number of carbonyl (C=O) groups is 1. The van der Waals surface area contributed by atoms with Gasteiger partial charge in [0.05, 0.1) is 12.4 Å². The zero-order chi connectivity index (χ0) is 9.97. The van der Waals surface area contributed by atoms with Gasteiger partial charge in [0.2, 0.25) is 0 Å². The van der Waals surface area contributed by atoms with E-state index >= 15 is 0 Å². The van der Waals surface area contributed by atoms with Crippen LogP contribution in [0.4, 0.5) is 0 Å². The molecule has 1 heterocycles. The van der Waals surface area contributed by atoms with Crippen molar-refractivity contribution in [1.82, 2.24) is 0 Å². The highest BCUT2D eigenvalue weighted by atomic mass is 16.5. The van der Waals surface area contributed by atoms with Crippen LogP contribution in [0.5, 0.6) is 0 Å². The van der Waals surface area contributed by atoms with Crippen LogP contribution < -0.4 is 0 Å². The Hall–Kier alpha value is -1.29. The van der Waals surface area contributed by atoms with Crippen molar-refractivity contribution in [3.8, 4) is 0 Å². The summed E-state index contributed by atoms with van der Waals surface area (Å²) in [6, 6.07) is 1.45. The lowest BCUT2D eigenvalue weighted by Crippen LogP contribution is -2.21. The Morgan fingerprint density at radius 2 is 2.43 bits per heavy atom. The minimum atomic E-state index is -0.967. The summed E-state index contributed by atoms with van der Waals surface area (Å²) in [5.41, 5.74) is 0.198. The molecule has 0 saturated heterocycles. The van der Waals surface area contributed by atoms with Crippen LogP contribution >= 0.6 is 0 Å². The number of ether oxygens (including phenoxy) is 1. The molecule has 0 aromatic carbocycles. The van der Waals surface area contributed by atoms with Crippen molar-refractivity contribution >= 4 is 5.97 Å². The fraction of sp³-hybridized carbons (Fsp3) is 0.500. The van der Waals surface area contributed by atoms with Gasteiger partial charge in [0, 0.05) is 0 Å². The SMILES string of the molecule is O=C(O)c1ccoc1COC1CCC1. The number of rotatable bonds is 4. The monoisotopic (exact) mass is 196 g/mol. The Morgan fingerprint density at radius 3 is 3.00 bits per heavy atom. The summed E-state index contributed by atoms with van der Waals surface area (Å²) in [5.74, 6) is -0.560. The highest BCUT2D eigenvalue weighted by molar-refractivity contribution is 5.88. The summed E-state index contributed by atoms with van der Waals surface area (Å²) in [7, 11) is 0. The molecule has 0 spiro atoms. The molecule has 4 heteroatoms. The Balaban J connectivity index is 1.94. The van der Waals surface area contributed by atoms with Gasteiger partial charge in [0.25, 0.3) is 0 Å². The first-order valence-electron chi connectivity index (χ1n) is 4.68. The summed E-state index contributed by atoms with van der Waals surface area (Å²) in [5, 5.41) is 8.78. The van der Waals surface area contributed by atoms with E-state index in [1.165, 1.54) is 18.8 Å². The van der Waals surface area contributed by atoms with E-state index in [4.69, 9.17) is 14.3 Å². The second-order valence-electron chi connectivity index (χ2n) is 3.43. The zero-order valence-corrected chi connectivity index (χ0v) is 7.73. The molecule has 0 radical (unpaired) electrons. The summed E-state index contributed by atoms with van der Waals surface area (Å²) in [6.45, 7) is 0.263. The molecule has 1 aliphatic carbocycles. The highest BCUT2D eigenvalue weighted by Crippen LogP contribution is 2.24. The molecular weight excluding hydrogens is 184 g/mol. The van der Waals surface area contributed by atoms with Gasteiger partial charge in [-0.3, -0.25) is 0 Å². The van der Waals surface area contributed by atoms with E-state index in [0.29, 0.717) is 11.9 Å². The molecule has 0 atom stereocenters. The number of carboxylic acids is 1. The molecule has 0 aliphatic heterocycles. The molecule has 0 bridgehead atoms. The van der Waals surface area contributed by atoms with Crippen LogP contribution in [-0.4, -0.2) is 17.2 Å². The molecule has 1 N–H and O–H groups in total. The van der Waals surface area contributed by atoms with E-state index in [-0.39, 0.29) is 12.2 Å². The van der Waals surface area contributed by atoms with Crippen molar-refractivity contribution in [2.24, 2.45) is 0 Å². The van der Waals surface area contributed by atoms with Crippen molar-refractivity contribution in [2.45, 2.75) is 32.0 Å². The summed E-state index contributed by atoms with van der Waals surface area (Å²) in [4.78, 5) is 10.7. The van der Waals surface area contributed by atoms with Gasteiger partial charge >= 0.3 is 5.97 Å². The number of hydrogen-bond donors (Lipinski definition) is 1. The molecule has 4 nitrogen and oxygen atoms in total. The Morgan fingerprint density at radius 1 is 1.64 bits per heavy atom. The van der Waals surface area contributed by atoms with Gasteiger partial charge in [0.1, 0.15) is 17.9 Å². The molecular formula is C10H12O4. The fourth-order valence-electron chi connectivity index (χ4n) is 1.37. The molecule has 14 heavy (non-hydrogen) atoms. The molecule has 1 fully saturated rings. The maximum absolute atomic E-state index is 10.7. The maximum Gasteiger partial charge on any atom is 0.339 e. The van der Waals surface area contributed by atoms with Crippen LogP contribution in [0, 0.1) is 0 Å². The van der Waals surface area contributed by atoms with Gasteiger partial charge in [-0.25, -0.2) is 4.79 Å². The minimum Gasteiger partial charge on any atom is -0.478 e. The van der Waals surface area contributed by atoms with Crippen molar-refractivity contribution in [2.75, 3.05) is 0 Å². The zero-order valence-electron chi connectivity index (χ0n) is 7.73. The lowest BCUT2D eigenvalue weighted by molar-refractivity contribution is -0.0162. The van der Waals surface area contributed by atoms with Crippen molar-refractivity contribution in [1.29, 1.82) is 0 Å². The van der Waals surface area contributed by atoms with Crippen LogP contribution in [0.3, 0.4) is 0 Å². The first kappa shape index (κ1) is 9.27. The van der Waals surface area contributed by atoms with E-state index in [2.05, 4.69) is 0 Å². The van der Waals surface area contributed by atoms with Crippen LogP contribution in [-0.2, 0) is 11.3 Å². The van der Waals surface area contributed by atoms with Gasteiger partial charge in [0.15, 0.2) is 0 Å². The topological polar surface area (TPSA) is 59.7 Å². The third kappa shape index (κ3) is 1.80. The molecule has 0 amide bonds. The number of furan rings is 1. The molecule has 76 valence electrons. The first-order chi connectivity index (χ1) is 6.77. The Labute approximate surface area is 81.5 Å². The average Bonchev–Trinajstić information content (AvgIpc) is 2.49. The smallest absolute Gasteiger partial charge is 0.339 e. The number of aromatic carboxylic acids is 1.